The standard InChI is InChI=1S/3C10H20O3.Al/c3*1-2-9(11)7-5-3-4-6-8-10(12)13;/h3*9,11H,2-8H2,1H3,(H,12,13);/q;;;+3/p-3. The Bertz CT molecular complexity index is 485. The van der Waals surface area contributed by atoms with Crippen LogP contribution in [-0.2, 0) is 14.4 Å². The van der Waals surface area contributed by atoms with Crippen LogP contribution in [-0.4, -0.2) is 68.9 Å². The molecule has 3 N–H and O–H groups in total. The van der Waals surface area contributed by atoms with E-state index in [4.69, 9.17) is 0 Å². The Morgan fingerprint density at radius 2 is 0.650 bits per heavy atom. The monoisotopic (exact) mass is 588 g/mol. The molecule has 3 atom stereocenters. The van der Waals surface area contributed by atoms with Gasteiger partial charge in [0.05, 0.1) is 18.3 Å². The van der Waals surface area contributed by atoms with Crippen LogP contribution in [0.1, 0.15) is 156 Å². The van der Waals surface area contributed by atoms with E-state index in [0.29, 0.717) is 19.3 Å². The van der Waals surface area contributed by atoms with Crippen molar-refractivity contribution >= 4 is 35.3 Å². The summed E-state index contributed by atoms with van der Waals surface area (Å²) in [5, 5.41) is 57.7. The first-order valence-corrected chi connectivity index (χ1v) is 15.1. The molecule has 0 aliphatic heterocycles. The van der Waals surface area contributed by atoms with Crippen molar-refractivity contribution in [1.82, 2.24) is 0 Å². The van der Waals surface area contributed by atoms with E-state index >= 15 is 0 Å². The summed E-state index contributed by atoms with van der Waals surface area (Å²) >= 11 is 0. The minimum atomic E-state index is -0.964. The van der Waals surface area contributed by atoms with Crippen LogP contribution in [0, 0.1) is 0 Å². The maximum atomic E-state index is 10.0. The van der Waals surface area contributed by atoms with Crippen molar-refractivity contribution in [3.05, 3.63) is 0 Å². The molecule has 0 saturated carbocycles. The number of hydrogen-bond acceptors (Lipinski definition) is 9. The van der Waals surface area contributed by atoms with Crippen LogP contribution in [0.15, 0.2) is 0 Å². The third-order valence-corrected chi connectivity index (χ3v) is 6.42. The molecule has 40 heavy (non-hydrogen) atoms. The summed E-state index contributed by atoms with van der Waals surface area (Å²) in [6, 6.07) is 0. The van der Waals surface area contributed by atoms with Crippen LogP contribution < -0.4 is 15.3 Å². The molecule has 0 fully saturated rings. The van der Waals surface area contributed by atoms with Gasteiger partial charge in [0.25, 0.3) is 0 Å². The molecular formula is C30H57AlO9. The molecule has 0 saturated heterocycles. The van der Waals surface area contributed by atoms with E-state index in [2.05, 4.69) is 0 Å². The molecule has 0 aliphatic carbocycles. The summed E-state index contributed by atoms with van der Waals surface area (Å²) in [4.78, 5) is 30.1. The Labute approximate surface area is 253 Å². The van der Waals surface area contributed by atoms with E-state index in [-0.39, 0.29) is 54.9 Å². The first-order valence-electron chi connectivity index (χ1n) is 15.1. The normalized spacial score (nSPS) is 12.4. The maximum absolute atomic E-state index is 10.0. The van der Waals surface area contributed by atoms with E-state index in [0.717, 1.165) is 96.3 Å². The summed E-state index contributed by atoms with van der Waals surface area (Å²) < 4.78 is 0. The van der Waals surface area contributed by atoms with Crippen molar-refractivity contribution in [1.29, 1.82) is 0 Å². The number of carbonyl (C=O) groups excluding carboxylic acids is 3. The SMILES string of the molecule is CCC(O)CCCCCCC(=O)[O-].CCC(O)CCCCCCC(=O)[O-].CCC(O)CCCCCCC(=O)[O-].[Al+3]. The Kier molecular flexibility index (Phi) is 41.0. The van der Waals surface area contributed by atoms with E-state index in [1.54, 1.807) is 0 Å². The molecule has 0 rings (SSSR count). The molecule has 0 bridgehead atoms. The quantitative estimate of drug-likeness (QED) is 0.112. The minimum absolute atomic E-state index is 0. The third kappa shape index (κ3) is 46.7. The van der Waals surface area contributed by atoms with Gasteiger partial charge in [0, 0.05) is 17.9 Å². The second kappa shape index (κ2) is 35.8. The zero-order chi connectivity index (χ0) is 30.3. The van der Waals surface area contributed by atoms with Gasteiger partial charge in [-0.3, -0.25) is 0 Å². The van der Waals surface area contributed by atoms with Gasteiger partial charge in [0.1, 0.15) is 0 Å². The topological polar surface area (TPSA) is 181 Å². The van der Waals surface area contributed by atoms with Crippen LogP contribution in [0.2, 0.25) is 0 Å². The van der Waals surface area contributed by atoms with Crippen molar-refractivity contribution in [2.24, 2.45) is 0 Å². The summed E-state index contributed by atoms with van der Waals surface area (Å²) in [5.41, 5.74) is 0. The zero-order valence-corrected chi connectivity index (χ0v) is 26.6. The van der Waals surface area contributed by atoms with Crippen LogP contribution >= 0.6 is 0 Å². The Balaban J connectivity index is -0.000000240. The number of carboxylic acids is 3. The predicted octanol–water partition coefficient (Wildman–Crippen LogP) is 2.16. The first kappa shape index (κ1) is 45.8. The van der Waals surface area contributed by atoms with Crippen molar-refractivity contribution in [2.75, 3.05) is 0 Å². The number of aliphatic hydroxyl groups excluding tert-OH is 3. The predicted molar refractivity (Wildman–Crippen MR) is 153 cm³/mol. The van der Waals surface area contributed by atoms with Crippen LogP contribution in [0.4, 0.5) is 0 Å². The van der Waals surface area contributed by atoms with E-state index in [1.807, 2.05) is 20.8 Å². The maximum Gasteiger partial charge on any atom is 3.00 e. The van der Waals surface area contributed by atoms with Gasteiger partial charge in [0.2, 0.25) is 0 Å². The Morgan fingerprint density at radius 3 is 0.825 bits per heavy atom. The van der Waals surface area contributed by atoms with Crippen molar-refractivity contribution in [3.63, 3.8) is 0 Å². The molecule has 234 valence electrons. The van der Waals surface area contributed by atoms with E-state index in [1.165, 1.54) is 0 Å². The van der Waals surface area contributed by atoms with Crippen LogP contribution in [0.25, 0.3) is 0 Å². The Morgan fingerprint density at radius 1 is 0.450 bits per heavy atom. The molecule has 0 amide bonds. The average molecular weight is 589 g/mol. The van der Waals surface area contributed by atoms with Crippen LogP contribution in [0.5, 0.6) is 0 Å². The number of aliphatic carboxylic acids is 3. The van der Waals surface area contributed by atoms with Crippen LogP contribution in [0.3, 0.4) is 0 Å². The minimum Gasteiger partial charge on any atom is -0.550 e. The molecule has 3 unspecified atom stereocenters. The van der Waals surface area contributed by atoms with E-state index < -0.39 is 17.9 Å². The largest absolute Gasteiger partial charge is 3.00 e. The molecule has 0 heterocycles. The van der Waals surface area contributed by atoms with Gasteiger partial charge >= 0.3 is 17.4 Å². The average Bonchev–Trinajstić information content (AvgIpc) is 2.89. The number of unbranched alkanes of at least 4 members (excludes halogenated alkanes) is 9. The number of carboxylic acid groups (broad SMARTS) is 3. The number of carbonyl (C=O) groups is 3. The summed E-state index contributed by atoms with van der Waals surface area (Å²) in [6.07, 6.45) is 15.7. The fourth-order valence-corrected chi connectivity index (χ4v) is 3.62. The molecule has 0 radical (unpaired) electrons. The van der Waals surface area contributed by atoms with Gasteiger partial charge in [0.15, 0.2) is 0 Å². The third-order valence-electron chi connectivity index (χ3n) is 6.42. The number of rotatable bonds is 24. The number of hydrogen-bond donors (Lipinski definition) is 3. The fourth-order valence-electron chi connectivity index (χ4n) is 3.62. The second-order valence-electron chi connectivity index (χ2n) is 10.2. The zero-order valence-electron chi connectivity index (χ0n) is 25.4. The summed E-state index contributed by atoms with van der Waals surface area (Å²) in [5.74, 6) is -2.89. The smallest absolute Gasteiger partial charge is 0.550 e. The fraction of sp³-hybridized carbons (Fsp3) is 0.900. The van der Waals surface area contributed by atoms with Crippen molar-refractivity contribution in [3.8, 4) is 0 Å². The first-order chi connectivity index (χ1) is 18.5. The second-order valence-corrected chi connectivity index (χ2v) is 10.2. The molecular weight excluding hydrogens is 531 g/mol. The number of aliphatic hydroxyl groups is 3. The van der Waals surface area contributed by atoms with Gasteiger partial charge in [-0.15, -0.1) is 0 Å². The molecule has 10 heteroatoms. The van der Waals surface area contributed by atoms with Gasteiger partial charge in [-0.25, -0.2) is 0 Å². The van der Waals surface area contributed by atoms with Crippen molar-refractivity contribution < 1.29 is 45.0 Å². The summed E-state index contributed by atoms with van der Waals surface area (Å²) in [7, 11) is 0. The van der Waals surface area contributed by atoms with Gasteiger partial charge in [-0.2, -0.15) is 0 Å². The molecule has 0 spiro atoms. The Hall–Kier alpha value is -1.18. The molecule has 0 aromatic rings. The molecule has 0 aliphatic rings. The molecule has 9 nitrogen and oxygen atoms in total. The van der Waals surface area contributed by atoms with Crippen molar-refractivity contribution in [2.45, 2.75) is 174 Å². The van der Waals surface area contributed by atoms with Gasteiger partial charge in [-0.05, 0) is 77.0 Å². The molecule has 0 aromatic heterocycles. The summed E-state index contributed by atoms with van der Waals surface area (Å²) in [6.45, 7) is 5.88. The van der Waals surface area contributed by atoms with Gasteiger partial charge < -0.3 is 45.0 Å². The van der Waals surface area contributed by atoms with E-state index in [9.17, 15) is 45.0 Å². The molecule has 0 aromatic carbocycles. The van der Waals surface area contributed by atoms with Gasteiger partial charge in [-0.1, -0.05) is 78.6 Å².